The summed E-state index contributed by atoms with van der Waals surface area (Å²) in [6.45, 7) is 11.5. The SMILES string of the molecule is C=CCCC(=O)NS(=O)(=O)c1c(C)nn(CC(C)C)c1C. The Morgan fingerprint density at radius 3 is 2.57 bits per heavy atom. The Morgan fingerprint density at radius 1 is 1.43 bits per heavy atom. The minimum atomic E-state index is -3.88. The summed E-state index contributed by atoms with van der Waals surface area (Å²) in [5, 5.41) is 4.26. The third-order valence-corrected chi connectivity index (χ3v) is 4.57. The molecule has 0 saturated carbocycles. The fraction of sp³-hybridized carbons (Fsp3) is 0.571. The van der Waals surface area contributed by atoms with Crippen LogP contribution in [0.1, 0.15) is 38.1 Å². The molecular weight excluding hydrogens is 290 g/mol. The van der Waals surface area contributed by atoms with Crippen LogP contribution < -0.4 is 4.72 Å². The lowest BCUT2D eigenvalue weighted by Crippen LogP contribution is -2.31. The number of sulfonamides is 1. The lowest BCUT2D eigenvalue weighted by Gasteiger charge is -2.09. The Bertz CT molecular complexity index is 630. The summed E-state index contributed by atoms with van der Waals surface area (Å²) in [5.74, 6) is -0.189. The van der Waals surface area contributed by atoms with E-state index in [1.54, 1.807) is 24.6 Å². The van der Waals surface area contributed by atoms with E-state index >= 15 is 0 Å². The highest BCUT2D eigenvalue weighted by atomic mass is 32.2. The van der Waals surface area contributed by atoms with Gasteiger partial charge in [-0.25, -0.2) is 13.1 Å². The maximum Gasteiger partial charge on any atom is 0.267 e. The van der Waals surface area contributed by atoms with Gasteiger partial charge in [0.15, 0.2) is 0 Å². The van der Waals surface area contributed by atoms with E-state index in [1.807, 2.05) is 13.8 Å². The van der Waals surface area contributed by atoms with Crippen molar-refractivity contribution in [1.29, 1.82) is 0 Å². The predicted molar refractivity (Wildman–Crippen MR) is 81.3 cm³/mol. The Morgan fingerprint density at radius 2 is 2.05 bits per heavy atom. The molecule has 0 aliphatic heterocycles. The average molecular weight is 313 g/mol. The van der Waals surface area contributed by atoms with Crippen LogP contribution in [0.3, 0.4) is 0 Å². The molecule has 0 fully saturated rings. The third kappa shape index (κ3) is 4.42. The van der Waals surface area contributed by atoms with Crippen molar-refractivity contribution in [2.75, 3.05) is 0 Å². The van der Waals surface area contributed by atoms with Crippen LogP contribution in [0, 0.1) is 19.8 Å². The van der Waals surface area contributed by atoms with E-state index in [1.165, 1.54) is 0 Å². The molecule has 0 atom stereocenters. The van der Waals surface area contributed by atoms with E-state index in [4.69, 9.17) is 0 Å². The molecule has 1 rings (SSSR count). The molecule has 118 valence electrons. The topological polar surface area (TPSA) is 81.1 Å². The first-order valence-electron chi connectivity index (χ1n) is 6.89. The summed E-state index contributed by atoms with van der Waals surface area (Å²) in [6.07, 6.45) is 2.11. The number of amides is 1. The van der Waals surface area contributed by atoms with E-state index in [0.29, 0.717) is 30.3 Å². The van der Waals surface area contributed by atoms with Gasteiger partial charge in [0, 0.05) is 13.0 Å². The van der Waals surface area contributed by atoms with Crippen molar-refractivity contribution >= 4 is 15.9 Å². The number of nitrogens with zero attached hydrogens (tertiary/aromatic N) is 2. The summed E-state index contributed by atoms with van der Waals surface area (Å²) < 4.78 is 28.4. The van der Waals surface area contributed by atoms with Gasteiger partial charge in [0.1, 0.15) is 4.90 Å². The van der Waals surface area contributed by atoms with Crippen LogP contribution in [0.15, 0.2) is 17.6 Å². The zero-order chi connectivity index (χ0) is 16.2. The number of rotatable bonds is 7. The molecule has 0 radical (unpaired) electrons. The molecule has 7 heteroatoms. The van der Waals surface area contributed by atoms with Crippen molar-refractivity contribution in [2.24, 2.45) is 5.92 Å². The fourth-order valence-electron chi connectivity index (χ4n) is 2.08. The maximum atomic E-state index is 12.3. The molecule has 1 N–H and O–H groups in total. The first kappa shape index (κ1) is 17.4. The maximum absolute atomic E-state index is 12.3. The molecule has 0 spiro atoms. The Kier molecular flexibility index (Phi) is 5.71. The molecule has 1 heterocycles. The van der Waals surface area contributed by atoms with Gasteiger partial charge in [-0.05, 0) is 26.2 Å². The third-order valence-electron chi connectivity index (χ3n) is 2.95. The second-order valence-electron chi connectivity index (χ2n) is 5.43. The van der Waals surface area contributed by atoms with Gasteiger partial charge in [-0.2, -0.15) is 5.10 Å². The van der Waals surface area contributed by atoms with Gasteiger partial charge >= 0.3 is 0 Å². The number of carbonyl (C=O) groups is 1. The van der Waals surface area contributed by atoms with Crippen molar-refractivity contribution in [3.05, 3.63) is 24.0 Å². The number of hydrogen-bond acceptors (Lipinski definition) is 4. The molecular formula is C14H23N3O3S. The highest BCUT2D eigenvalue weighted by Crippen LogP contribution is 2.20. The Hall–Kier alpha value is -1.63. The predicted octanol–water partition coefficient (Wildman–Crippen LogP) is 1.93. The number of nitrogens with one attached hydrogen (secondary N) is 1. The van der Waals surface area contributed by atoms with Crippen LogP contribution >= 0.6 is 0 Å². The molecule has 21 heavy (non-hydrogen) atoms. The summed E-state index contributed by atoms with van der Waals surface area (Å²) >= 11 is 0. The summed E-state index contributed by atoms with van der Waals surface area (Å²) in [7, 11) is -3.88. The van der Waals surface area contributed by atoms with Gasteiger partial charge in [0.05, 0.1) is 11.4 Å². The van der Waals surface area contributed by atoms with E-state index in [2.05, 4.69) is 16.4 Å². The molecule has 0 unspecified atom stereocenters. The van der Waals surface area contributed by atoms with Crippen molar-refractivity contribution in [3.8, 4) is 0 Å². The van der Waals surface area contributed by atoms with Crippen LogP contribution in [0.2, 0.25) is 0 Å². The van der Waals surface area contributed by atoms with Crippen molar-refractivity contribution < 1.29 is 13.2 Å². The highest BCUT2D eigenvalue weighted by molar-refractivity contribution is 7.90. The van der Waals surface area contributed by atoms with Crippen molar-refractivity contribution in [3.63, 3.8) is 0 Å². The fourth-order valence-corrected chi connectivity index (χ4v) is 3.51. The van der Waals surface area contributed by atoms with E-state index in [9.17, 15) is 13.2 Å². The van der Waals surface area contributed by atoms with E-state index in [-0.39, 0.29) is 11.3 Å². The molecule has 1 amide bonds. The second kappa shape index (κ2) is 6.89. The number of hydrogen-bond donors (Lipinski definition) is 1. The zero-order valence-electron chi connectivity index (χ0n) is 13.0. The van der Waals surface area contributed by atoms with E-state index < -0.39 is 15.9 Å². The lowest BCUT2D eigenvalue weighted by atomic mass is 10.2. The minimum absolute atomic E-state index is 0.0927. The number of allylic oxidation sites excluding steroid dienone is 1. The van der Waals surface area contributed by atoms with Gasteiger partial charge in [0.2, 0.25) is 5.91 Å². The minimum Gasteiger partial charge on any atom is -0.274 e. The van der Waals surface area contributed by atoms with Gasteiger partial charge < -0.3 is 0 Å². The molecule has 0 aromatic carbocycles. The monoisotopic (exact) mass is 313 g/mol. The Balaban J connectivity index is 3.06. The lowest BCUT2D eigenvalue weighted by molar-refractivity contribution is -0.119. The second-order valence-corrected chi connectivity index (χ2v) is 7.05. The Labute approximate surface area is 126 Å². The van der Waals surface area contributed by atoms with Crippen molar-refractivity contribution in [2.45, 2.75) is 52.0 Å². The van der Waals surface area contributed by atoms with Crippen LogP contribution in [0.4, 0.5) is 0 Å². The molecule has 0 aliphatic rings. The molecule has 6 nitrogen and oxygen atoms in total. The highest BCUT2D eigenvalue weighted by Gasteiger charge is 2.26. The van der Waals surface area contributed by atoms with Gasteiger partial charge in [-0.1, -0.05) is 19.9 Å². The van der Waals surface area contributed by atoms with Crippen LogP contribution in [-0.4, -0.2) is 24.1 Å². The smallest absolute Gasteiger partial charge is 0.267 e. The molecule has 0 bridgehead atoms. The molecule has 0 aliphatic carbocycles. The first-order chi connectivity index (χ1) is 9.69. The van der Waals surface area contributed by atoms with Crippen molar-refractivity contribution in [1.82, 2.24) is 14.5 Å². The van der Waals surface area contributed by atoms with E-state index in [0.717, 1.165) is 0 Å². The number of aryl methyl sites for hydroxylation is 1. The van der Waals surface area contributed by atoms with Gasteiger partial charge in [0.25, 0.3) is 10.0 Å². The van der Waals surface area contributed by atoms with Crippen LogP contribution in [0.25, 0.3) is 0 Å². The van der Waals surface area contributed by atoms with Gasteiger partial charge in [-0.15, -0.1) is 6.58 Å². The zero-order valence-corrected chi connectivity index (χ0v) is 13.8. The average Bonchev–Trinajstić information content (AvgIpc) is 2.60. The summed E-state index contributed by atoms with van der Waals surface area (Å²) in [4.78, 5) is 11.7. The van der Waals surface area contributed by atoms with Gasteiger partial charge in [-0.3, -0.25) is 9.48 Å². The largest absolute Gasteiger partial charge is 0.274 e. The first-order valence-corrected chi connectivity index (χ1v) is 8.38. The molecule has 1 aromatic rings. The summed E-state index contributed by atoms with van der Waals surface area (Å²) in [5.41, 5.74) is 0.947. The van der Waals surface area contributed by atoms with Crippen LogP contribution in [0.5, 0.6) is 0 Å². The normalized spacial score (nSPS) is 11.7. The number of aromatic nitrogens is 2. The molecule has 1 aromatic heterocycles. The quantitative estimate of drug-likeness (QED) is 0.780. The number of carbonyl (C=O) groups excluding carboxylic acids is 1. The molecule has 0 saturated heterocycles. The standard InChI is InChI=1S/C14H23N3O3S/c1-6-7-8-13(18)16-21(19,20)14-11(4)15-17(12(14)5)9-10(2)3/h6,10H,1,7-9H2,2-5H3,(H,16,18). The summed E-state index contributed by atoms with van der Waals surface area (Å²) in [6, 6.07) is 0. The van der Waals surface area contributed by atoms with Crippen LogP contribution in [-0.2, 0) is 21.4 Å².